The summed E-state index contributed by atoms with van der Waals surface area (Å²) < 4.78 is 5.25. The molecule has 2 N–H and O–H groups in total. The molecule has 0 aromatic heterocycles. The summed E-state index contributed by atoms with van der Waals surface area (Å²) in [6, 6.07) is 7.42. The van der Waals surface area contributed by atoms with Crippen LogP contribution in [-0.2, 0) is 6.42 Å². The van der Waals surface area contributed by atoms with Crippen molar-refractivity contribution in [2.75, 3.05) is 0 Å². The molecule has 0 saturated carbocycles. The molecule has 0 aliphatic rings. The molecule has 0 aliphatic carbocycles. The molecule has 15 heavy (non-hydrogen) atoms. The number of aliphatic hydroxyl groups excluding tert-OH is 2. The lowest BCUT2D eigenvalue weighted by Gasteiger charge is -2.14. The van der Waals surface area contributed by atoms with Crippen LogP contribution in [0.5, 0.6) is 5.75 Å². The Morgan fingerprint density at radius 2 is 2.13 bits per heavy atom. The van der Waals surface area contributed by atoms with Crippen LogP contribution in [-0.4, -0.2) is 16.5 Å². The summed E-state index contributed by atoms with van der Waals surface area (Å²) in [5.74, 6) is 0.617. The van der Waals surface area contributed by atoms with Crippen molar-refractivity contribution in [3.05, 3.63) is 49.1 Å². The van der Waals surface area contributed by atoms with Gasteiger partial charge in [-0.2, -0.15) is 0 Å². The fraction of sp³-hybridized carbons (Fsp3) is 0.250. The zero-order valence-electron chi connectivity index (χ0n) is 8.47. The standard InChI is InChI=1S/C12H15O3/c1-2-5-10-6-3-4-7-11(10)15-12(14)8-9-13/h2-4,6-7,9,12-14H,1,5,8H2. The number of para-hydroxylation sites is 1. The minimum absolute atomic E-state index is 0.0857. The van der Waals surface area contributed by atoms with Gasteiger partial charge >= 0.3 is 0 Å². The number of hydrogen-bond acceptors (Lipinski definition) is 3. The maximum absolute atomic E-state index is 9.36. The molecule has 0 heterocycles. The lowest BCUT2D eigenvalue weighted by atomic mass is 10.1. The monoisotopic (exact) mass is 207 g/mol. The summed E-state index contributed by atoms with van der Waals surface area (Å²) in [5.41, 5.74) is 0.962. The third-order valence-corrected chi connectivity index (χ3v) is 1.91. The van der Waals surface area contributed by atoms with Crippen molar-refractivity contribution in [1.82, 2.24) is 0 Å². The van der Waals surface area contributed by atoms with E-state index in [4.69, 9.17) is 9.84 Å². The number of rotatable bonds is 6. The summed E-state index contributed by atoms with van der Waals surface area (Å²) in [7, 11) is 0. The van der Waals surface area contributed by atoms with Crippen LogP contribution in [0, 0.1) is 6.61 Å². The van der Waals surface area contributed by atoms with E-state index in [1.807, 2.05) is 18.2 Å². The Morgan fingerprint density at radius 3 is 2.80 bits per heavy atom. The zero-order chi connectivity index (χ0) is 11.1. The van der Waals surface area contributed by atoms with Crippen LogP contribution >= 0.6 is 0 Å². The minimum Gasteiger partial charge on any atom is -0.465 e. The van der Waals surface area contributed by atoms with Crippen LogP contribution in [0.2, 0.25) is 0 Å². The van der Waals surface area contributed by atoms with E-state index < -0.39 is 6.29 Å². The van der Waals surface area contributed by atoms with Crippen LogP contribution in [0.4, 0.5) is 0 Å². The minimum atomic E-state index is -1.01. The van der Waals surface area contributed by atoms with Crippen molar-refractivity contribution in [2.45, 2.75) is 19.1 Å². The van der Waals surface area contributed by atoms with Gasteiger partial charge in [-0.1, -0.05) is 24.3 Å². The predicted octanol–water partition coefficient (Wildman–Crippen LogP) is 2.04. The van der Waals surface area contributed by atoms with Crippen LogP contribution in [0.25, 0.3) is 0 Å². The Balaban J connectivity index is 2.70. The quantitative estimate of drug-likeness (QED) is 0.554. The SMILES string of the molecule is C=CCc1ccccc1OC(O)C[CH]O. The van der Waals surface area contributed by atoms with Crippen molar-refractivity contribution in [3.8, 4) is 5.75 Å². The van der Waals surface area contributed by atoms with E-state index in [1.54, 1.807) is 12.1 Å². The fourth-order valence-corrected chi connectivity index (χ4v) is 1.23. The summed E-state index contributed by atoms with van der Waals surface area (Å²) >= 11 is 0. The second-order valence-electron chi connectivity index (χ2n) is 3.09. The van der Waals surface area contributed by atoms with E-state index in [0.717, 1.165) is 12.2 Å². The lowest BCUT2D eigenvalue weighted by Crippen LogP contribution is -2.16. The smallest absolute Gasteiger partial charge is 0.199 e. The molecule has 0 fully saturated rings. The molecule has 0 bridgehead atoms. The highest BCUT2D eigenvalue weighted by atomic mass is 16.6. The van der Waals surface area contributed by atoms with Gasteiger partial charge < -0.3 is 14.9 Å². The first-order chi connectivity index (χ1) is 7.27. The lowest BCUT2D eigenvalue weighted by molar-refractivity contribution is -0.0242. The second kappa shape index (κ2) is 6.22. The van der Waals surface area contributed by atoms with E-state index in [0.29, 0.717) is 12.2 Å². The van der Waals surface area contributed by atoms with Gasteiger partial charge in [0, 0.05) is 6.42 Å². The van der Waals surface area contributed by atoms with Gasteiger partial charge in [0.2, 0.25) is 0 Å². The van der Waals surface area contributed by atoms with Crippen molar-refractivity contribution < 1.29 is 14.9 Å². The molecule has 0 amide bonds. The molecule has 3 heteroatoms. The fourth-order valence-electron chi connectivity index (χ4n) is 1.23. The summed E-state index contributed by atoms with van der Waals surface area (Å²) in [5, 5.41) is 17.9. The molecule has 1 atom stereocenters. The Hall–Kier alpha value is -1.32. The highest BCUT2D eigenvalue weighted by Gasteiger charge is 2.07. The topological polar surface area (TPSA) is 49.7 Å². The van der Waals surface area contributed by atoms with Gasteiger partial charge in [-0.15, -0.1) is 6.58 Å². The number of hydrogen-bond donors (Lipinski definition) is 2. The molecule has 0 spiro atoms. The average molecular weight is 207 g/mol. The largest absolute Gasteiger partial charge is 0.465 e. The van der Waals surface area contributed by atoms with Crippen LogP contribution in [0.15, 0.2) is 36.9 Å². The highest BCUT2D eigenvalue weighted by molar-refractivity contribution is 5.34. The average Bonchev–Trinajstić information content (AvgIpc) is 2.21. The van der Waals surface area contributed by atoms with Gasteiger partial charge in [0.15, 0.2) is 6.29 Å². The number of ether oxygens (including phenoxy) is 1. The molecule has 81 valence electrons. The maximum atomic E-state index is 9.36. The van der Waals surface area contributed by atoms with Gasteiger partial charge in [-0.3, -0.25) is 0 Å². The Bertz CT molecular complexity index is 309. The van der Waals surface area contributed by atoms with Crippen LogP contribution in [0.1, 0.15) is 12.0 Å². The zero-order valence-corrected chi connectivity index (χ0v) is 8.47. The van der Waals surface area contributed by atoms with Crippen LogP contribution in [0.3, 0.4) is 0 Å². The van der Waals surface area contributed by atoms with Crippen molar-refractivity contribution >= 4 is 0 Å². The molecule has 1 aromatic carbocycles. The van der Waals surface area contributed by atoms with Crippen molar-refractivity contribution in [1.29, 1.82) is 0 Å². The Labute approximate surface area is 89.6 Å². The Kier molecular flexibility index (Phi) is 4.87. The molecule has 1 unspecified atom stereocenters. The summed E-state index contributed by atoms with van der Waals surface area (Å²) in [6.07, 6.45) is 1.53. The molecule has 1 aromatic rings. The predicted molar refractivity (Wildman–Crippen MR) is 57.8 cm³/mol. The first kappa shape index (κ1) is 11.8. The van der Waals surface area contributed by atoms with Crippen LogP contribution < -0.4 is 4.74 Å². The van der Waals surface area contributed by atoms with Crippen molar-refractivity contribution in [3.63, 3.8) is 0 Å². The third kappa shape index (κ3) is 3.73. The first-order valence-electron chi connectivity index (χ1n) is 4.77. The van der Waals surface area contributed by atoms with Gasteiger partial charge in [0.05, 0.1) is 6.61 Å². The van der Waals surface area contributed by atoms with E-state index in [-0.39, 0.29) is 6.42 Å². The number of allylic oxidation sites excluding steroid dienone is 1. The molecule has 1 radical (unpaired) electrons. The normalized spacial score (nSPS) is 12.1. The maximum Gasteiger partial charge on any atom is 0.199 e. The summed E-state index contributed by atoms with van der Waals surface area (Å²) in [4.78, 5) is 0. The van der Waals surface area contributed by atoms with Gasteiger partial charge in [0.1, 0.15) is 5.75 Å². The number of benzene rings is 1. The van der Waals surface area contributed by atoms with E-state index in [1.165, 1.54) is 0 Å². The Morgan fingerprint density at radius 1 is 1.40 bits per heavy atom. The van der Waals surface area contributed by atoms with Crippen molar-refractivity contribution in [2.24, 2.45) is 0 Å². The molecule has 1 rings (SSSR count). The molecule has 0 saturated heterocycles. The number of aliphatic hydroxyl groups is 2. The van der Waals surface area contributed by atoms with E-state index >= 15 is 0 Å². The molecular weight excluding hydrogens is 192 g/mol. The summed E-state index contributed by atoms with van der Waals surface area (Å²) in [6.45, 7) is 4.52. The molecule has 0 aliphatic heterocycles. The van der Waals surface area contributed by atoms with Gasteiger partial charge in [-0.05, 0) is 18.1 Å². The van der Waals surface area contributed by atoms with E-state index in [2.05, 4.69) is 6.58 Å². The third-order valence-electron chi connectivity index (χ3n) is 1.91. The first-order valence-corrected chi connectivity index (χ1v) is 4.77. The highest BCUT2D eigenvalue weighted by Crippen LogP contribution is 2.20. The molecule has 3 nitrogen and oxygen atoms in total. The van der Waals surface area contributed by atoms with Gasteiger partial charge in [-0.25, -0.2) is 0 Å². The van der Waals surface area contributed by atoms with E-state index in [9.17, 15) is 5.11 Å². The molecular formula is C12H15O3. The second-order valence-corrected chi connectivity index (χ2v) is 3.09. The van der Waals surface area contributed by atoms with Gasteiger partial charge in [0.25, 0.3) is 0 Å².